The summed E-state index contributed by atoms with van der Waals surface area (Å²) in [4.78, 5) is 0. The number of hydrogen-bond donors (Lipinski definition) is 0. The van der Waals surface area contributed by atoms with Gasteiger partial charge in [-0.15, -0.1) is 0 Å². The first-order valence-electron chi connectivity index (χ1n) is 4.72. The second-order valence-corrected chi connectivity index (χ2v) is 6.98. The Morgan fingerprint density at radius 3 is 2.19 bits per heavy atom. The third-order valence-electron chi connectivity index (χ3n) is 1.80. The maximum atomic E-state index is 11.7. The third-order valence-corrected chi connectivity index (χ3v) is 3.80. The van der Waals surface area contributed by atoms with E-state index in [2.05, 4.69) is 4.40 Å². The molecule has 0 saturated heterocycles. The number of benzene rings is 1. The fourth-order valence-electron chi connectivity index (χ4n) is 0.893. The molecular weight excluding hydrogens is 265 g/mol. The monoisotopic (exact) mass is 277 g/mol. The Morgan fingerprint density at radius 1 is 1.25 bits per heavy atom. The summed E-state index contributed by atoms with van der Waals surface area (Å²) in [6.45, 7) is 5.57. The molecule has 0 saturated carbocycles. The van der Waals surface area contributed by atoms with Gasteiger partial charge in [-0.2, -0.15) is 4.40 Å². The molecule has 5 heteroatoms. The standard InChI is InChI=1S/C11H13Cl2NOS/c1-11(2,3)16(15)14-7-8-9(12)5-4-6-10(8)13/h4-7H,1-3H3/b14-7+/t16-/m0/s1. The quantitative estimate of drug-likeness (QED) is 0.755. The molecule has 0 spiro atoms. The largest absolute Gasteiger partial charge is 0.234 e. The van der Waals surface area contributed by atoms with Gasteiger partial charge in [-0.05, 0) is 32.9 Å². The molecule has 2 nitrogen and oxygen atoms in total. The van der Waals surface area contributed by atoms with Gasteiger partial charge < -0.3 is 0 Å². The highest BCUT2D eigenvalue weighted by Gasteiger charge is 2.18. The van der Waals surface area contributed by atoms with Gasteiger partial charge in [0, 0.05) is 11.8 Å². The molecule has 1 atom stereocenters. The van der Waals surface area contributed by atoms with E-state index in [0.29, 0.717) is 15.6 Å². The lowest BCUT2D eigenvalue weighted by Gasteiger charge is -2.12. The normalized spacial score (nSPS) is 14.3. The Balaban J connectivity index is 2.98. The van der Waals surface area contributed by atoms with E-state index in [-0.39, 0.29) is 4.75 Å². The summed E-state index contributed by atoms with van der Waals surface area (Å²) in [6, 6.07) is 5.19. The first-order chi connectivity index (χ1) is 7.32. The predicted octanol–water partition coefficient (Wildman–Crippen LogP) is 3.87. The number of nitrogens with zero attached hydrogens (tertiary/aromatic N) is 1. The van der Waals surface area contributed by atoms with Crippen LogP contribution in [0.15, 0.2) is 22.6 Å². The van der Waals surface area contributed by atoms with Crippen molar-refractivity contribution in [3.8, 4) is 0 Å². The summed E-state index contributed by atoms with van der Waals surface area (Å²) in [6.07, 6.45) is 1.46. The number of rotatable bonds is 2. The molecule has 16 heavy (non-hydrogen) atoms. The zero-order valence-corrected chi connectivity index (χ0v) is 11.7. The predicted molar refractivity (Wildman–Crippen MR) is 72.0 cm³/mol. The summed E-state index contributed by atoms with van der Waals surface area (Å²) >= 11 is 11.9. The van der Waals surface area contributed by atoms with Crippen LogP contribution in [0.4, 0.5) is 0 Å². The van der Waals surface area contributed by atoms with Crippen molar-refractivity contribution in [2.45, 2.75) is 25.5 Å². The van der Waals surface area contributed by atoms with Gasteiger partial charge in [0.1, 0.15) is 11.0 Å². The first kappa shape index (κ1) is 13.7. The molecule has 0 bridgehead atoms. The highest BCUT2D eigenvalue weighted by Crippen LogP contribution is 2.22. The van der Waals surface area contributed by atoms with Crippen LogP contribution in [-0.4, -0.2) is 15.2 Å². The van der Waals surface area contributed by atoms with Crippen molar-refractivity contribution < 1.29 is 4.21 Å². The molecule has 0 N–H and O–H groups in total. The highest BCUT2D eigenvalue weighted by molar-refractivity contribution is 7.85. The van der Waals surface area contributed by atoms with E-state index in [1.165, 1.54) is 6.21 Å². The molecule has 0 fully saturated rings. The molecule has 1 aromatic carbocycles. The average Bonchev–Trinajstić information content (AvgIpc) is 2.15. The van der Waals surface area contributed by atoms with Crippen LogP contribution in [0.3, 0.4) is 0 Å². The maximum Gasteiger partial charge on any atom is 0.144 e. The van der Waals surface area contributed by atoms with Crippen LogP contribution in [0.2, 0.25) is 10.0 Å². The van der Waals surface area contributed by atoms with E-state index >= 15 is 0 Å². The van der Waals surface area contributed by atoms with Crippen molar-refractivity contribution in [3.05, 3.63) is 33.8 Å². The third kappa shape index (κ3) is 3.58. The zero-order valence-electron chi connectivity index (χ0n) is 9.33. The lowest BCUT2D eigenvalue weighted by molar-refractivity contribution is 0.651. The van der Waals surface area contributed by atoms with E-state index in [0.717, 1.165) is 0 Å². The van der Waals surface area contributed by atoms with E-state index in [9.17, 15) is 4.21 Å². The minimum absolute atomic E-state index is 0.385. The van der Waals surface area contributed by atoms with E-state index in [4.69, 9.17) is 23.2 Å². The van der Waals surface area contributed by atoms with Crippen molar-refractivity contribution in [2.75, 3.05) is 0 Å². The highest BCUT2D eigenvalue weighted by atomic mass is 35.5. The second kappa shape index (κ2) is 5.30. The van der Waals surface area contributed by atoms with Gasteiger partial charge >= 0.3 is 0 Å². The first-order valence-corrected chi connectivity index (χ1v) is 6.58. The molecular formula is C11H13Cl2NOS. The van der Waals surface area contributed by atoms with Crippen LogP contribution in [0.25, 0.3) is 0 Å². The summed E-state index contributed by atoms with van der Waals surface area (Å²) in [5.74, 6) is 0. The van der Waals surface area contributed by atoms with Gasteiger partial charge in [-0.25, -0.2) is 4.21 Å². The summed E-state index contributed by atoms with van der Waals surface area (Å²) in [5, 5.41) is 1.00. The molecule has 88 valence electrons. The molecule has 0 amide bonds. The molecule has 1 aromatic rings. The molecule has 0 radical (unpaired) electrons. The Hall–Kier alpha value is -0.380. The lowest BCUT2D eigenvalue weighted by Crippen LogP contribution is -2.19. The molecule has 0 aliphatic carbocycles. The van der Waals surface area contributed by atoms with Crippen molar-refractivity contribution in [1.82, 2.24) is 0 Å². The van der Waals surface area contributed by atoms with Crippen LogP contribution in [0, 0.1) is 0 Å². The Labute approximate surface area is 108 Å². The maximum absolute atomic E-state index is 11.7. The van der Waals surface area contributed by atoms with Gasteiger partial charge in [0.15, 0.2) is 0 Å². The minimum Gasteiger partial charge on any atom is -0.234 e. The Morgan fingerprint density at radius 2 is 1.75 bits per heavy atom. The van der Waals surface area contributed by atoms with Crippen molar-refractivity contribution in [3.63, 3.8) is 0 Å². The SMILES string of the molecule is CC(C)(C)[S@](=O)/N=C/c1c(Cl)cccc1Cl. The van der Waals surface area contributed by atoms with E-state index < -0.39 is 11.0 Å². The average molecular weight is 278 g/mol. The zero-order chi connectivity index (χ0) is 12.3. The van der Waals surface area contributed by atoms with Crippen molar-refractivity contribution in [2.24, 2.45) is 4.40 Å². The lowest BCUT2D eigenvalue weighted by atomic mass is 10.2. The Kier molecular flexibility index (Phi) is 4.53. The summed E-state index contributed by atoms with van der Waals surface area (Å²) in [5.41, 5.74) is 0.600. The van der Waals surface area contributed by atoms with Crippen molar-refractivity contribution >= 4 is 40.4 Å². The molecule has 0 heterocycles. The van der Waals surface area contributed by atoms with Crippen LogP contribution < -0.4 is 0 Å². The van der Waals surface area contributed by atoms with Gasteiger partial charge in [0.05, 0.1) is 14.8 Å². The van der Waals surface area contributed by atoms with Gasteiger partial charge in [-0.1, -0.05) is 29.3 Å². The van der Waals surface area contributed by atoms with Crippen LogP contribution in [0.5, 0.6) is 0 Å². The Bertz CT molecular complexity index is 418. The van der Waals surface area contributed by atoms with Gasteiger partial charge in [-0.3, -0.25) is 0 Å². The molecule has 0 aromatic heterocycles. The minimum atomic E-state index is -1.30. The van der Waals surface area contributed by atoms with Gasteiger partial charge in [0.2, 0.25) is 0 Å². The van der Waals surface area contributed by atoms with Crippen LogP contribution in [0.1, 0.15) is 26.3 Å². The van der Waals surface area contributed by atoms with Gasteiger partial charge in [0.25, 0.3) is 0 Å². The van der Waals surface area contributed by atoms with Crippen molar-refractivity contribution in [1.29, 1.82) is 0 Å². The molecule has 0 aliphatic heterocycles. The topological polar surface area (TPSA) is 29.4 Å². The number of halogens is 2. The van der Waals surface area contributed by atoms with Crippen LogP contribution in [-0.2, 0) is 11.0 Å². The summed E-state index contributed by atoms with van der Waals surface area (Å²) < 4.78 is 15.3. The van der Waals surface area contributed by atoms with E-state index in [1.54, 1.807) is 18.2 Å². The van der Waals surface area contributed by atoms with E-state index in [1.807, 2.05) is 20.8 Å². The second-order valence-electron chi connectivity index (χ2n) is 4.23. The number of hydrogen-bond acceptors (Lipinski definition) is 1. The summed E-state index contributed by atoms with van der Waals surface area (Å²) in [7, 11) is -1.30. The molecule has 0 aliphatic rings. The fraction of sp³-hybridized carbons (Fsp3) is 0.364. The smallest absolute Gasteiger partial charge is 0.144 e. The molecule has 1 rings (SSSR count). The molecule has 0 unspecified atom stereocenters. The van der Waals surface area contributed by atoms with Crippen LogP contribution >= 0.6 is 23.2 Å². The fourth-order valence-corrected chi connectivity index (χ4v) is 1.91.